The van der Waals surface area contributed by atoms with E-state index in [1.54, 1.807) is 12.1 Å². The fraction of sp³-hybridized carbons (Fsp3) is 0. The average molecular weight is 447 g/mol. The van der Waals surface area contributed by atoms with Crippen molar-refractivity contribution in [3.63, 3.8) is 0 Å². The number of benzene rings is 3. The molecule has 0 fully saturated rings. The van der Waals surface area contributed by atoms with Crippen molar-refractivity contribution >= 4 is 44.9 Å². The van der Waals surface area contributed by atoms with Crippen molar-refractivity contribution in [3.8, 4) is 5.75 Å². The molecule has 30 heavy (non-hydrogen) atoms. The highest BCUT2D eigenvalue weighted by Crippen LogP contribution is 2.28. The first kappa shape index (κ1) is 21.1. The Morgan fingerprint density at radius 2 is 1.70 bits per heavy atom. The molecule has 0 amide bonds. The van der Waals surface area contributed by atoms with Gasteiger partial charge in [0, 0.05) is 22.8 Å². The molecular formula is C19H15ClN4O5S. The second-order valence-corrected chi connectivity index (χ2v) is 8.10. The number of hydrogen-bond acceptors (Lipinski definition) is 7. The van der Waals surface area contributed by atoms with E-state index in [1.165, 1.54) is 54.7 Å². The first-order valence-electron chi connectivity index (χ1n) is 8.39. The van der Waals surface area contributed by atoms with E-state index in [0.717, 1.165) is 6.07 Å². The fourth-order valence-electron chi connectivity index (χ4n) is 2.40. The summed E-state index contributed by atoms with van der Waals surface area (Å²) in [5, 5.41) is 24.8. The number of hydrazone groups is 1. The van der Waals surface area contributed by atoms with Gasteiger partial charge in [-0.2, -0.15) is 5.10 Å². The van der Waals surface area contributed by atoms with Crippen LogP contribution in [0.2, 0.25) is 5.02 Å². The lowest BCUT2D eigenvalue weighted by Crippen LogP contribution is -2.15. The molecular weight excluding hydrogens is 432 g/mol. The number of nitrogens with zero attached hydrogens (tertiary/aromatic N) is 2. The Balaban J connectivity index is 1.92. The molecule has 0 aliphatic heterocycles. The van der Waals surface area contributed by atoms with Crippen molar-refractivity contribution in [1.82, 2.24) is 0 Å². The summed E-state index contributed by atoms with van der Waals surface area (Å²) >= 11 is 5.81. The molecule has 0 bridgehead atoms. The molecule has 11 heteroatoms. The molecule has 154 valence electrons. The van der Waals surface area contributed by atoms with Gasteiger partial charge in [-0.05, 0) is 60.2 Å². The van der Waals surface area contributed by atoms with Crippen molar-refractivity contribution in [2.75, 3.05) is 10.1 Å². The van der Waals surface area contributed by atoms with Gasteiger partial charge in [0.05, 0.1) is 16.8 Å². The van der Waals surface area contributed by atoms with E-state index in [2.05, 4.69) is 15.2 Å². The summed E-state index contributed by atoms with van der Waals surface area (Å²) in [6, 6.07) is 15.5. The van der Waals surface area contributed by atoms with Gasteiger partial charge in [-0.1, -0.05) is 11.6 Å². The van der Waals surface area contributed by atoms with Crippen LogP contribution >= 0.6 is 11.6 Å². The molecule has 9 nitrogen and oxygen atoms in total. The second kappa shape index (κ2) is 8.80. The molecule has 0 aliphatic carbocycles. The SMILES string of the molecule is O=[N+]([O-])c1ccc(NN=Cc2ccc(O)cc2)c(S(=O)(=O)Nc2ccc(Cl)cc2)c1. The van der Waals surface area contributed by atoms with Crippen LogP contribution in [0, 0.1) is 10.1 Å². The van der Waals surface area contributed by atoms with E-state index in [4.69, 9.17) is 11.6 Å². The Kier molecular flexibility index (Phi) is 6.19. The van der Waals surface area contributed by atoms with Crippen LogP contribution in [-0.2, 0) is 10.0 Å². The fourth-order valence-corrected chi connectivity index (χ4v) is 3.77. The van der Waals surface area contributed by atoms with E-state index in [-0.39, 0.29) is 27.7 Å². The monoisotopic (exact) mass is 446 g/mol. The van der Waals surface area contributed by atoms with Crippen molar-refractivity contribution in [2.24, 2.45) is 5.10 Å². The maximum absolute atomic E-state index is 12.9. The van der Waals surface area contributed by atoms with Crippen molar-refractivity contribution in [1.29, 1.82) is 0 Å². The number of hydrogen-bond donors (Lipinski definition) is 3. The molecule has 3 rings (SSSR count). The first-order chi connectivity index (χ1) is 14.2. The van der Waals surface area contributed by atoms with Gasteiger partial charge in [-0.15, -0.1) is 0 Å². The highest BCUT2D eigenvalue weighted by molar-refractivity contribution is 7.92. The van der Waals surface area contributed by atoms with Gasteiger partial charge in [0.25, 0.3) is 15.7 Å². The molecule has 0 atom stereocenters. The van der Waals surface area contributed by atoms with Crippen LogP contribution in [0.4, 0.5) is 17.1 Å². The Hall–Kier alpha value is -3.63. The van der Waals surface area contributed by atoms with E-state index < -0.39 is 14.9 Å². The van der Waals surface area contributed by atoms with Crippen LogP contribution in [0.5, 0.6) is 5.75 Å². The Morgan fingerprint density at radius 3 is 2.33 bits per heavy atom. The van der Waals surface area contributed by atoms with Crippen LogP contribution in [0.15, 0.2) is 76.7 Å². The molecule has 0 radical (unpaired) electrons. The smallest absolute Gasteiger partial charge is 0.270 e. The largest absolute Gasteiger partial charge is 0.508 e. The predicted molar refractivity (Wildman–Crippen MR) is 115 cm³/mol. The molecule has 3 aromatic carbocycles. The number of halogens is 1. The van der Waals surface area contributed by atoms with E-state index >= 15 is 0 Å². The average Bonchev–Trinajstić information content (AvgIpc) is 2.71. The van der Waals surface area contributed by atoms with Gasteiger partial charge in [-0.3, -0.25) is 20.3 Å². The van der Waals surface area contributed by atoms with Crippen molar-refractivity contribution in [3.05, 3.63) is 87.4 Å². The number of nitrogens with one attached hydrogen (secondary N) is 2. The quantitative estimate of drug-likeness (QED) is 0.283. The topological polar surface area (TPSA) is 134 Å². The first-order valence-corrected chi connectivity index (χ1v) is 10.3. The third-order valence-corrected chi connectivity index (χ3v) is 5.53. The summed E-state index contributed by atoms with van der Waals surface area (Å²) in [6.45, 7) is 0. The minimum atomic E-state index is -4.18. The minimum Gasteiger partial charge on any atom is -0.508 e. The lowest BCUT2D eigenvalue weighted by atomic mass is 10.2. The lowest BCUT2D eigenvalue weighted by Gasteiger charge is -2.12. The van der Waals surface area contributed by atoms with Gasteiger partial charge >= 0.3 is 0 Å². The summed E-state index contributed by atoms with van der Waals surface area (Å²) in [7, 11) is -4.18. The van der Waals surface area contributed by atoms with Crippen LogP contribution in [0.1, 0.15) is 5.56 Å². The normalized spacial score (nSPS) is 11.4. The lowest BCUT2D eigenvalue weighted by molar-refractivity contribution is -0.385. The number of sulfonamides is 1. The summed E-state index contributed by atoms with van der Waals surface area (Å²) < 4.78 is 28.1. The van der Waals surface area contributed by atoms with E-state index in [1.807, 2.05) is 0 Å². The second-order valence-electron chi connectivity index (χ2n) is 6.01. The van der Waals surface area contributed by atoms with Crippen molar-refractivity contribution in [2.45, 2.75) is 4.90 Å². The zero-order valence-corrected chi connectivity index (χ0v) is 16.8. The molecule has 0 saturated heterocycles. The third-order valence-electron chi connectivity index (χ3n) is 3.85. The zero-order chi connectivity index (χ0) is 21.7. The standard InChI is InChI=1S/C19H15ClN4O5S/c20-14-3-5-15(6-4-14)23-30(28,29)19-11-16(24(26)27)7-10-18(19)22-21-12-13-1-8-17(25)9-2-13/h1-12,22-23,25H. The minimum absolute atomic E-state index is 0.0390. The molecule has 0 heterocycles. The number of phenolic OH excluding ortho intramolecular Hbond substituents is 1. The highest BCUT2D eigenvalue weighted by Gasteiger charge is 2.22. The van der Waals surface area contributed by atoms with Gasteiger partial charge in [0.2, 0.25) is 0 Å². The van der Waals surface area contributed by atoms with Crippen LogP contribution in [-0.4, -0.2) is 24.7 Å². The molecule has 0 unspecified atom stereocenters. The number of nitro benzene ring substituents is 1. The number of rotatable bonds is 7. The number of aromatic hydroxyl groups is 1. The number of anilines is 2. The molecule has 0 aromatic heterocycles. The number of phenols is 1. The summed E-state index contributed by atoms with van der Waals surface area (Å²) in [5.74, 6) is 0.0946. The van der Waals surface area contributed by atoms with Gasteiger partial charge in [0.1, 0.15) is 10.6 Å². The Bertz CT molecular complexity index is 1200. The predicted octanol–water partition coefficient (Wildman–Crippen LogP) is 4.20. The molecule has 0 saturated carbocycles. The van der Waals surface area contributed by atoms with E-state index in [0.29, 0.717) is 10.6 Å². The van der Waals surface area contributed by atoms with Gasteiger partial charge in [0.15, 0.2) is 0 Å². The Labute approximate surface area is 176 Å². The maximum atomic E-state index is 12.9. The third kappa shape index (κ3) is 5.25. The molecule has 3 aromatic rings. The molecule has 0 spiro atoms. The molecule has 3 N–H and O–H groups in total. The zero-order valence-electron chi connectivity index (χ0n) is 15.2. The summed E-state index contributed by atoms with van der Waals surface area (Å²) in [6.07, 6.45) is 1.41. The summed E-state index contributed by atoms with van der Waals surface area (Å²) in [5.41, 5.74) is 3.12. The van der Waals surface area contributed by atoms with E-state index in [9.17, 15) is 23.6 Å². The molecule has 0 aliphatic rings. The van der Waals surface area contributed by atoms with Crippen LogP contribution in [0.3, 0.4) is 0 Å². The number of non-ortho nitro benzene ring substituents is 1. The van der Waals surface area contributed by atoms with Gasteiger partial charge in [-0.25, -0.2) is 8.42 Å². The van der Waals surface area contributed by atoms with Gasteiger partial charge < -0.3 is 5.11 Å². The highest BCUT2D eigenvalue weighted by atomic mass is 35.5. The van der Waals surface area contributed by atoms with Crippen molar-refractivity contribution < 1.29 is 18.4 Å². The maximum Gasteiger partial charge on any atom is 0.270 e. The van der Waals surface area contributed by atoms with Crippen LogP contribution in [0.25, 0.3) is 0 Å². The van der Waals surface area contributed by atoms with Crippen LogP contribution < -0.4 is 10.1 Å². The number of nitro groups is 1. The summed E-state index contributed by atoms with van der Waals surface area (Å²) in [4.78, 5) is 10.1. The Morgan fingerprint density at radius 1 is 1.03 bits per heavy atom.